The van der Waals surface area contributed by atoms with E-state index in [0.717, 1.165) is 24.1 Å². The minimum Gasteiger partial charge on any atom is -0.493 e. The van der Waals surface area contributed by atoms with Crippen molar-refractivity contribution in [3.63, 3.8) is 0 Å². The molecule has 5 heteroatoms. The van der Waals surface area contributed by atoms with Crippen LogP contribution in [-0.4, -0.2) is 26.2 Å². The van der Waals surface area contributed by atoms with Crippen molar-refractivity contribution in [3.8, 4) is 11.5 Å². The Morgan fingerprint density at radius 3 is 2.50 bits per heavy atom. The van der Waals surface area contributed by atoms with Gasteiger partial charge in [-0.2, -0.15) is 0 Å². The Morgan fingerprint density at radius 1 is 1.35 bits per heavy atom. The average molecular weight is 278 g/mol. The standard InChI is InChI=1S/C15H22N2O3/c1-9-6-13(19-2)14(20-3)8-12(9)17-15(18)7-11(16)10-4-5-10/h6,8,10-11H,4-5,7,16H2,1-3H3,(H,17,18). The molecule has 1 atom stereocenters. The van der Waals surface area contributed by atoms with Gasteiger partial charge in [0.05, 0.1) is 14.2 Å². The summed E-state index contributed by atoms with van der Waals surface area (Å²) in [5.74, 6) is 1.71. The van der Waals surface area contributed by atoms with Crippen molar-refractivity contribution in [2.45, 2.75) is 32.2 Å². The summed E-state index contributed by atoms with van der Waals surface area (Å²) in [4.78, 5) is 12.0. The monoisotopic (exact) mass is 278 g/mol. The van der Waals surface area contributed by atoms with Crippen LogP contribution >= 0.6 is 0 Å². The number of hydrogen-bond donors (Lipinski definition) is 2. The molecule has 1 saturated carbocycles. The van der Waals surface area contributed by atoms with Crippen LogP contribution in [0.2, 0.25) is 0 Å². The van der Waals surface area contributed by atoms with Crippen molar-refractivity contribution in [3.05, 3.63) is 17.7 Å². The third-order valence-corrected chi connectivity index (χ3v) is 3.65. The van der Waals surface area contributed by atoms with E-state index in [0.29, 0.717) is 23.8 Å². The molecule has 1 aliphatic rings. The van der Waals surface area contributed by atoms with Gasteiger partial charge in [0.2, 0.25) is 5.91 Å². The third kappa shape index (κ3) is 3.42. The van der Waals surface area contributed by atoms with E-state index in [4.69, 9.17) is 15.2 Å². The van der Waals surface area contributed by atoms with Gasteiger partial charge in [0.1, 0.15) is 0 Å². The maximum Gasteiger partial charge on any atom is 0.225 e. The fourth-order valence-electron chi connectivity index (χ4n) is 2.22. The number of carbonyl (C=O) groups excluding carboxylic acids is 1. The fourth-order valence-corrected chi connectivity index (χ4v) is 2.22. The Balaban J connectivity index is 2.05. The number of aryl methyl sites for hydroxylation is 1. The van der Waals surface area contributed by atoms with Gasteiger partial charge < -0.3 is 20.5 Å². The number of benzene rings is 1. The molecule has 0 aliphatic heterocycles. The highest BCUT2D eigenvalue weighted by Gasteiger charge is 2.29. The van der Waals surface area contributed by atoms with Crippen LogP contribution in [0, 0.1) is 12.8 Å². The van der Waals surface area contributed by atoms with Crippen LogP contribution in [0.15, 0.2) is 12.1 Å². The summed E-state index contributed by atoms with van der Waals surface area (Å²) in [6.07, 6.45) is 2.64. The number of methoxy groups -OCH3 is 2. The van der Waals surface area contributed by atoms with Gasteiger partial charge in [0, 0.05) is 24.2 Å². The first kappa shape index (κ1) is 14.7. The number of carbonyl (C=O) groups is 1. The Morgan fingerprint density at radius 2 is 1.95 bits per heavy atom. The minimum absolute atomic E-state index is 0.0320. The second-order valence-corrected chi connectivity index (χ2v) is 5.28. The summed E-state index contributed by atoms with van der Waals surface area (Å²) in [6, 6.07) is 3.58. The van der Waals surface area contributed by atoms with Gasteiger partial charge in [-0.1, -0.05) is 0 Å². The lowest BCUT2D eigenvalue weighted by Gasteiger charge is -2.15. The van der Waals surface area contributed by atoms with Crippen molar-refractivity contribution < 1.29 is 14.3 Å². The van der Waals surface area contributed by atoms with Gasteiger partial charge in [0.25, 0.3) is 0 Å². The van der Waals surface area contributed by atoms with Crippen molar-refractivity contribution in [2.75, 3.05) is 19.5 Å². The molecule has 20 heavy (non-hydrogen) atoms. The summed E-state index contributed by atoms with van der Waals surface area (Å²) < 4.78 is 10.5. The van der Waals surface area contributed by atoms with Crippen molar-refractivity contribution >= 4 is 11.6 Å². The van der Waals surface area contributed by atoms with Gasteiger partial charge in [-0.25, -0.2) is 0 Å². The SMILES string of the molecule is COc1cc(C)c(NC(=O)CC(N)C2CC2)cc1OC. The van der Waals surface area contributed by atoms with Crippen LogP contribution in [0.3, 0.4) is 0 Å². The maximum absolute atomic E-state index is 12.0. The highest BCUT2D eigenvalue weighted by atomic mass is 16.5. The van der Waals surface area contributed by atoms with Gasteiger partial charge in [-0.3, -0.25) is 4.79 Å². The van der Waals surface area contributed by atoms with Crippen LogP contribution in [0.4, 0.5) is 5.69 Å². The first-order valence-electron chi connectivity index (χ1n) is 6.83. The van der Waals surface area contributed by atoms with Crippen LogP contribution in [0.5, 0.6) is 11.5 Å². The summed E-state index contributed by atoms with van der Waals surface area (Å²) in [5.41, 5.74) is 7.63. The lowest BCUT2D eigenvalue weighted by molar-refractivity contribution is -0.116. The molecule has 0 saturated heterocycles. The largest absolute Gasteiger partial charge is 0.493 e. The van der Waals surface area contributed by atoms with Crippen LogP contribution in [0.1, 0.15) is 24.8 Å². The molecule has 2 rings (SSSR count). The number of anilines is 1. The third-order valence-electron chi connectivity index (χ3n) is 3.65. The normalized spacial score (nSPS) is 15.6. The number of amides is 1. The highest BCUT2D eigenvalue weighted by Crippen LogP contribution is 2.34. The summed E-state index contributed by atoms with van der Waals surface area (Å²) in [7, 11) is 3.16. The molecule has 0 bridgehead atoms. The molecule has 0 heterocycles. The van der Waals surface area contributed by atoms with Crippen LogP contribution in [0.25, 0.3) is 0 Å². The number of ether oxygens (including phenoxy) is 2. The van der Waals surface area contributed by atoms with Gasteiger partial charge >= 0.3 is 0 Å². The number of nitrogens with two attached hydrogens (primary N) is 1. The zero-order valence-electron chi connectivity index (χ0n) is 12.2. The molecule has 5 nitrogen and oxygen atoms in total. The number of hydrogen-bond acceptors (Lipinski definition) is 4. The van der Waals surface area contributed by atoms with E-state index in [1.165, 1.54) is 0 Å². The first-order chi connectivity index (χ1) is 9.55. The molecule has 110 valence electrons. The molecule has 0 aromatic heterocycles. The molecule has 1 amide bonds. The van der Waals surface area contributed by atoms with Gasteiger partial charge in [-0.15, -0.1) is 0 Å². The molecular formula is C15H22N2O3. The van der Waals surface area contributed by atoms with E-state index in [1.807, 2.05) is 13.0 Å². The molecule has 1 unspecified atom stereocenters. The van der Waals surface area contributed by atoms with Crippen molar-refractivity contribution in [2.24, 2.45) is 11.7 Å². The van der Waals surface area contributed by atoms with Crippen LogP contribution < -0.4 is 20.5 Å². The van der Waals surface area contributed by atoms with Crippen molar-refractivity contribution in [1.82, 2.24) is 0 Å². The first-order valence-corrected chi connectivity index (χ1v) is 6.83. The second kappa shape index (κ2) is 6.13. The van der Waals surface area contributed by atoms with E-state index < -0.39 is 0 Å². The molecule has 3 N–H and O–H groups in total. The summed E-state index contributed by atoms with van der Waals surface area (Å²) in [6.45, 7) is 1.92. The predicted octanol–water partition coefficient (Wildman–Crippen LogP) is 2.08. The van der Waals surface area contributed by atoms with E-state index in [-0.39, 0.29) is 11.9 Å². The molecule has 1 fully saturated rings. The fraction of sp³-hybridized carbons (Fsp3) is 0.533. The zero-order valence-corrected chi connectivity index (χ0v) is 12.2. The molecule has 1 aliphatic carbocycles. The maximum atomic E-state index is 12.0. The Bertz CT molecular complexity index is 498. The van der Waals surface area contributed by atoms with Gasteiger partial charge in [0.15, 0.2) is 11.5 Å². The topological polar surface area (TPSA) is 73.6 Å². The molecule has 1 aromatic rings. The minimum atomic E-state index is -0.0558. The van der Waals surface area contributed by atoms with E-state index in [2.05, 4.69) is 5.32 Å². The van der Waals surface area contributed by atoms with E-state index >= 15 is 0 Å². The Labute approximate surface area is 119 Å². The quantitative estimate of drug-likeness (QED) is 0.835. The van der Waals surface area contributed by atoms with E-state index in [9.17, 15) is 4.79 Å². The van der Waals surface area contributed by atoms with Crippen molar-refractivity contribution in [1.29, 1.82) is 0 Å². The molecular weight excluding hydrogens is 256 g/mol. The second-order valence-electron chi connectivity index (χ2n) is 5.28. The summed E-state index contributed by atoms with van der Waals surface area (Å²) >= 11 is 0. The van der Waals surface area contributed by atoms with Gasteiger partial charge in [-0.05, 0) is 37.3 Å². The van der Waals surface area contributed by atoms with Crippen LogP contribution in [-0.2, 0) is 4.79 Å². The number of nitrogens with one attached hydrogen (secondary N) is 1. The van der Waals surface area contributed by atoms with E-state index in [1.54, 1.807) is 20.3 Å². The Kier molecular flexibility index (Phi) is 4.49. The molecule has 0 radical (unpaired) electrons. The lowest BCUT2D eigenvalue weighted by atomic mass is 10.1. The lowest BCUT2D eigenvalue weighted by Crippen LogP contribution is -2.29. The molecule has 0 spiro atoms. The highest BCUT2D eigenvalue weighted by molar-refractivity contribution is 5.92. The average Bonchev–Trinajstić information content (AvgIpc) is 3.24. The Hall–Kier alpha value is -1.75. The molecule has 1 aromatic carbocycles. The summed E-state index contributed by atoms with van der Waals surface area (Å²) in [5, 5.41) is 2.90. The predicted molar refractivity (Wildman–Crippen MR) is 78.2 cm³/mol. The zero-order chi connectivity index (χ0) is 14.7. The number of rotatable bonds is 6. The smallest absolute Gasteiger partial charge is 0.225 e.